The second-order valence-corrected chi connectivity index (χ2v) is 4.97. The molecule has 0 aromatic carbocycles. The van der Waals surface area contributed by atoms with Crippen molar-refractivity contribution in [1.29, 1.82) is 0 Å². The van der Waals surface area contributed by atoms with Gasteiger partial charge in [0.25, 0.3) is 0 Å². The van der Waals surface area contributed by atoms with E-state index in [1.807, 2.05) is 14.1 Å². The van der Waals surface area contributed by atoms with Crippen LogP contribution in [0.5, 0.6) is 0 Å². The summed E-state index contributed by atoms with van der Waals surface area (Å²) < 4.78 is 13.4. The normalized spacial score (nSPS) is 23.5. The van der Waals surface area contributed by atoms with Crippen molar-refractivity contribution in [2.24, 2.45) is 5.73 Å². The van der Waals surface area contributed by atoms with Gasteiger partial charge in [-0.25, -0.2) is 14.4 Å². The molecule has 6 nitrogen and oxygen atoms in total. The molecule has 0 aliphatic carbocycles. The zero-order valence-electron chi connectivity index (χ0n) is 11.1. The molecule has 1 aliphatic rings. The van der Waals surface area contributed by atoms with Crippen molar-refractivity contribution in [3.63, 3.8) is 0 Å². The van der Waals surface area contributed by atoms with E-state index in [2.05, 4.69) is 9.97 Å². The first-order valence-electron chi connectivity index (χ1n) is 6.13. The monoisotopic (exact) mass is 267 g/mol. The summed E-state index contributed by atoms with van der Waals surface area (Å²) in [4.78, 5) is 23.2. The van der Waals surface area contributed by atoms with Crippen LogP contribution in [0.25, 0.3) is 0 Å². The molecular weight excluding hydrogens is 249 g/mol. The fraction of sp³-hybridized carbons (Fsp3) is 0.583. The van der Waals surface area contributed by atoms with Gasteiger partial charge in [0.1, 0.15) is 6.17 Å². The number of nitrogens with two attached hydrogens (primary N) is 1. The third-order valence-electron chi connectivity index (χ3n) is 3.16. The Morgan fingerprint density at radius 3 is 2.68 bits per heavy atom. The molecule has 0 bridgehead atoms. The standard InChI is InChI=1S/C12H18FN5O/c1-17(2)12-15-4-8(5-16-12)6-18-7-9(13)3-10(18)11(14)19/h4-5,9-10H,3,6-7H2,1-2H3,(H2,14,19)/t9-,10+/m1/s1. The molecule has 104 valence electrons. The summed E-state index contributed by atoms with van der Waals surface area (Å²) in [5.74, 6) is 0.131. The van der Waals surface area contributed by atoms with Gasteiger partial charge in [-0.15, -0.1) is 0 Å². The van der Waals surface area contributed by atoms with Crippen LogP contribution in [0.4, 0.5) is 10.3 Å². The summed E-state index contributed by atoms with van der Waals surface area (Å²) in [7, 11) is 3.71. The van der Waals surface area contributed by atoms with E-state index in [0.717, 1.165) is 5.56 Å². The first kappa shape index (κ1) is 13.7. The predicted molar refractivity (Wildman–Crippen MR) is 69.3 cm³/mol. The van der Waals surface area contributed by atoms with Crippen molar-refractivity contribution < 1.29 is 9.18 Å². The van der Waals surface area contributed by atoms with Crippen molar-refractivity contribution in [3.05, 3.63) is 18.0 Å². The summed E-state index contributed by atoms with van der Waals surface area (Å²) in [6.45, 7) is 0.658. The third-order valence-corrected chi connectivity index (χ3v) is 3.16. The lowest BCUT2D eigenvalue weighted by molar-refractivity contribution is -0.122. The van der Waals surface area contributed by atoms with Gasteiger partial charge in [-0.1, -0.05) is 0 Å². The Hall–Kier alpha value is -1.76. The molecule has 0 saturated carbocycles. The van der Waals surface area contributed by atoms with Crippen molar-refractivity contribution in [1.82, 2.24) is 14.9 Å². The van der Waals surface area contributed by atoms with Crippen LogP contribution in [0.3, 0.4) is 0 Å². The van der Waals surface area contributed by atoms with Crippen molar-refractivity contribution >= 4 is 11.9 Å². The van der Waals surface area contributed by atoms with E-state index in [1.54, 1.807) is 22.2 Å². The molecule has 0 spiro atoms. The molecule has 2 heterocycles. The largest absolute Gasteiger partial charge is 0.368 e. The van der Waals surface area contributed by atoms with Gasteiger partial charge >= 0.3 is 0 Å². The van der Waals surface area contributed by atoms with Crippen molar-refractivity contribution in [2.75, 3.05) is 25.5 Å². The van der Waals surface area contributed by atoms with Crippen LogP contribution >= 0.6 is 0 Å². The van der Waals surface area contributed by atoms with E-state index in [1.165, 1.54) is 0 Å². The highest BCUT2D eigenvalue weighted by molar-refractivity contribution is 5.80. The SMILES string of the molecule is CN(C)c1ncc(CN2C[C@H](F)C[C@H]2C(N)=O)cn1. The molecule has 1 aliphatic heterocycles. The Kier molecular flexibility index (Phi) is 3.94. The molecule has 2 N–H and O–H groups in total. The molecule has 7 heteroatoms. The van der Waals surface area contributed by atoms with E-state index in [-0.39, 0.29) is 13.0 Å². The number of primary amides is 1. The summed E-state index contributed by atoms with van der Waals surface area (Å²) in [6.07, 6.45) is 2.55. The number of aromatic nitrogens is 2. The number of hydrogen-bond donors (Lipinski definition) is 1. The molecule has 1 saturated heterocycles. The van der Waals surface area contributed by atoms with Gasteiger partial charge in [0, 0.05) is 51.6 Å². The van der Waals surface area contributed by atoms with Gasteiger partial charge in [0.05, 0.1) is 6.04 Å². The number of hydrogen-bond acceptors (Lipinski definition) is 5. The molecule has 1 amide bonds. The van der Waals surface area contributed by atoms with Crippen LogP contribution in [-0.2, 0) is 11.3 Å². The number of alkyl halides is 1. The van der Waals surface area contributed by atoms with Crippen LogP contribution in [0.1, 0.15) is 12.0 Å². The Morgan fingerprint density at radius 2 is 2.16 bits per heavy atom. The number of halogens is 1. The Labute approximate surface area is 111 Å². The maximum absolute atomic E-state index is 13.4. The summed E-state index contributed by atoms with van der Waals surface area (Å²) >= 11 is 0. The average Bonchev–Trinajstić information content (AvgIpc) is 2.71. The Bertz CT molecular complexity index is 450. The predicted octanol–water partition coefficient (Wildman–Crippen LogP) is -0.0597. The highest BCUT2D eigenvalue weighted by Gasteiger charge is 2.35. The maximum Gasteiger partial charge on any atom is 0.234 e. The van der Waals surface area contributed by atoms with Crippen LogP contribution in [-0.4, -0.2) is 53.6 Å². The maximum atomic E-state index is 13.4. The average molecular weight is 267 g/mol. The molecule has 0 radical (unpaired) electrons. The fourth-order valence-electron chi connectivity index (χ4n) is 2.21. The highest BCUT2D eigenvalue weighted by atomic mass is 19.1. The number of rotatable bonds is 4. The lowest BCUT2D eigenvalue weighted by Crippen LogP contribution is -2.39. The second kappa shape index (κ2) is 5.48. The number of carbonyl (C=O) groups excluding carboxylic acids is 1. The zero-order valence-corrected chi connectivity index (χ0v) is 11.1. The molecule has 19 heavy (non-hydrogen) atoms. The first-order valence-corrected chi connectivity index (χ1v) is 6.13. The molecule has 0 unspecified atom stereocenters. The van der Waals surface area contributed by atoms with E-state index in [9.17, 15) is 9.18 Å². The van der Waals surface area contributed by atoms with Crippen LogP contribution < -0.4 is 10.6 Å². The van der Waals surface area contributed by atoms with Crippen LogP contribution in [0, 0.1) is 0 Å². The van der Waals surface area contributed by atoms with Gasteiger partial charge in [-0.05, 0) is 0 Å². The molecule has 1 aromatic rings. The number of carbonyl (C=O) groups is 1. The minimum atomic E-state index is -1.00. The van der Waals surface area contributed by atoms with Crippen molar-refractivity contribution in [3.8, 4) is 0 Å². The number of anilines is 1. The molecular formula is C12H18FN5O. The fourth-order valence-corrected chi connectivity index (χ4v) is 2.21. The zero-order chi connectivity index (χ0) is 14.0. The third kappa shape index (κ3) is 3.17. The number of nitrogens with zero attached hydrogens (tertiary/aromatic N) is 4. The molecule has 1 aromatic heterocycles. The Morgan fingerprint density at radius 1 is 1.53 bits per heavy atom. The van der Waals surface area contributed by atoms with Gasteiger partial charge in [-0.2, -0.15) is 0 Å². The summed E-state index contributed by atoms with van der Waals surface area (Å²) in [5.41, 5.74) is 6.12. The first-order chi connectivity index (χ1) is 8.97. The minimum Gasteiger partial charge on any atom is -0.368 e. The van der Waals surface area contributed by atoms with Crippen molar-refractivity contribution in [2.45, 2.75) is 25.2 Å². The second-order valence-electron chi connectivity index (χ2n) is 4.97. The topological polar surface area (TPSA) is 75.3 Å². The molecule has 1 fully saturated rings. The lowest BCUT2D eigenvalue weighted by Gasteiger charge is -2.21. The van der Waals surface area contributed by atoms with E-state index < -0.39 is 18.1 Å². The number of amides is 1. The summed E-state index contributed by atoms with van der Waals surface area (Å²) in [5, 5.41) is 0. The van der Waals surface area contributed by atoms with Gasteiger partial charge in [-0.3, -0.25) is 9.69 Å². The van der Waals surface area contributed by atoms with E-state index in [0.29, 0.717) is 12.5 Å². The smallest absolute Gasteiger partial charge is 0.234 e. The molecule has 2 atom stereocenters. The Balaban J connectivity index is 2.05. The van der Waals surface area contributed by atoms with Gasteiger partial charge in [0.15, 0.2) is 0 Å². The van der Waals surface area contributed by atoms with E-state index in [4.69, 9.17) is 5.73 Å². The van der Waals surface area contributed by atoms with Crippen LogP contribution in [0.2, 0.25) is 0 Å². The summed E-state index contributed by atoms with van der Waals surface area (Å²) in [6, 6.07) is -0.538. The molecule has 2 rings (SSSR count). The van der Waals surface area contributed by atoms with Crippen LogP contribution in [0.15, 0.2) is 12.4 Å². The quantitative estimate of drug-likeness (QED) is 0.827. The van der Waals surface area contributed by atoms with Gasteiger partial charge < -0.3 is 10.6 Å². The minimum absolute atomic E-state index is 0.173. The lowest BCUT2D eigenvalue weighted by atomic mass is 10.2. The highest BCUT2D eigenvalue weighted by Crippen LogP contribution is 2.22. The van der Waals surface area contributed by atoms with Gasteiger partial charge in [0.2, 0.25) is 11.9 Å². The number of likely N-dealkylation sites (tertiary alicyclic amines) is 1. The van der Waals surface area contributed by atoms with E-state index >= 15 is 0 Å².